The molecule has 1 aromatic rings. The van der Waals surface area contributed by atoms with Gasteiger partial charge in [0.05, 0.1) is 19.1 Å². The molecule has 126 valence electrons. The number of carbonyl (C=O) groups is 1. The summed E-state index contributed by atoms with van der Waals surface area (Å²) < 4.78 is 24.4. The number of hydrogen-bond donors (Lipinski definition) is 0. The van der Waals surface area contributed by atoms with Gasteiger partial charge in [-0.05, 0) is 37.0 Å². The van der Waals surface area contributed by atoms with Gasteiger partial charge in [0.2, 0.25) is 5.91 Å². The molecule has 1 aromatic carbocycles. The van der Waals surface area contributed by atoms with Crippen LogP contribution >= 0.6 is 0 Å². The van der Waals surface area contributed by atoms with Crippen LogP contribution in [0, 0.1) is 11.2 Å². The van der Waals surface area contributed by atoms with Gasteiger partial charge in [0.25, 0.3) is 0 Å². The van der Waals surface area contributed by atoms with Gasteiger partial charge in [-0.2, -0.15) is 0 Å². The SMILES string of the molecule is COC[C@]12CCCO[C@H]1CCN(C(=O)Cc1ccc(F)cc1)C2. The monoisotopic (exact) mass is 321 g/mol. The van der Waals surface area contributed by atoms with Crippen LogP contribution in [0.5, 0.6) is 0 Å². The van der Waals surface area contributed by atoms with E-state index in [9.17, 15) is 9.18 Å². The summed E-state index contributed by atoms with van der Waals surface area (Å²) in [4.78, 5) is 14.5. The lowest BCUT2D eigenvalue weighted by Crippen LogP contribution is -2.58. The number of nitrogens with zero attached hydrogens (tertiary/aromatic N) is 1. The van der Waals surface area contributed by atoms with Gasteiger partial charge in [0, 0.05) is 32.2 Å². The zero-order chi connectivity index (χ0) is 16.3. The number of benzene rings is 1. The van der Waals surface area contributed by atoms with Crippen molar-refractivity contribution in [2.45, 2.75) is 31.8 Å². The highest BCUT2D eigenvalue weighted by Crippen LogP contribution is 2.40. The summed E-state index contributed by atoms with van der Waals surface area (Å²) in [6.07, 6.45) is 3.41. The molecule has 0 aromatic heterocycles. The summed E-state index contributed by atoms with van der Waals surface area (Å²) in [6.45, 7) is 2.83. The zero-order valence-electron chi connectivity index (χ0n) is 13.6. The molecule has 2 atom stereocenters. The second-order valence-electron chi connectivity index (χ2n) is 6.67. The standard InChI is InChI=1S/C18H24FNO3/c1-22-13-18-8-2-10-23-16(18)7-9-20(12-18)17(21)11-14-3-5-15(19)6-4-14/h3-6,16H,2,7-13H2,1H3/t16-,18+/m0/s1. The van der Waals surface area contributed by atoms with E-state index in [4.69, 9.17) is 9.47 Å². The van der Waals surface area contributed by atoms with Gasteiger partial charge < -0.3 is 14.4 Å². The number of methoxy groups -OCH3 is 1. The number of rotatable bonds is 4. The molecular formula is C18H24FNO3. The molecule has 0 bridgehead atoms. The number of hydrogen-bond acceptors (Lipinski definition) is 3. The lowest BCUT2D eigenvalue weighted by molar-refractivity contribution is -0.161. The van der Waals surface area contributed by atoms with Crippen molar-refractivity contribution in [3.8, 4) is 0 Å². The quantitative estimate of drug-likeness (QED) is 0.855. The fraction of sp³-hybridized carbons (Fsp3) is 0.611. The van der Waals surface area contributed by atoms with E-state index in [1.54, 1.807) is 19.2 Å². The maximum atomic E-state index is 13.0. The molecule has 23 heavy (non-hydrogen) atoms. The van der Waals surface area contributed by atoms with Crippen molar-refractivity contribution in [1.82, 2.24) is 4.90 Å². The van der Waals surface area contributed by atoms with Crippen molar-refractivity contribution >= 4 is 5.91 Å². The molecular weight excluding hydrogens is 297 g/mol. The van der Waals surface area contributed by atoms with Crippen LogP contribution in [0.25, 0.3) is 0 Å². The van der Waals surface area contributed by atoms with Crippen molar-refractivity contribution in [2.75, 3.05) is 33.4 Å². The van der Waals surface area contributed by atoms with Crippen LogP contribution < -0.4 is 0 Å². The smallest absolute Gasteiger partial charge is 0.227 e. The Morgan fingerprint density at radius 3 is 2.96 bits per heavy atom. The van der Waals surface area contributed by atoms with Gasteiger partial charge in [0.15, 0.2) is 0 Å². The van der Waals surface area contributed by atoms with Crippen LogP contribution in [-0.4, -0.2) is 50.3 Å². The van der Waals surface area contributed by atoms with Crippen LogP contribution in [0.1, 0.15) is 24.8 Å². The van der Waals surface area contributed by atoms with Gasteiger partial charge in [0.1, 0.15) is 5.82 Å². The molecule has 0 unspecified atom stereocenters. The predicted octanol–water partition coefficient (Wildman–Crippen LogP) is 2.41. The molecule has 0 saturated carbocycles. The Morgan fingerprint density at radius 1 is 1.43 bits per heavy atom. The van der Waals surface area contributed by atoms with E-state index in [-0.39, 0.29) is 23.2 Å². The molecule has 2 saturated heterocycles. The molecule has 3 rings (SSSR count). The van der Waals surface area contributed by atoms with Crippen molar-refractivity contribution in [3.05, 3.63) is 35.6 Å². The van der Waals surface area contributed by atoms with Gasteiger partial charge in [-0.1, -0.05) is 12.1 Å². The highest BCUT2D eigenvalue weighted by Gasteiger charge is 2.46. The molecule has 1 amide bonds. The number of amides is 1. The molecule has 2 heterocycles. The molecule has 2 aliphatic rings. The van der Waals surface area contributed by atoms with Crippen LogP contribution in [0.3, 0.4) is 0 Å². The first-order valence-electron chi connectivity index (χ1n) is 8.26. The van der Waals surface area contributed by atoms with Crippen molar-refractivity contribution < 1.29 is 18.7 Å². The van der Waals surface area contributed by atoms with Crippen LogP contribution in [0.2, 0.25) is 0 Å². The first-order valence-corrected chi connectivity index (χ1v) is 8.26. The van der Waals surface area contributed by atoms with Crippen molar-refractivity contribution in [3.63, 3.8) is 0 Å². The fourth-order valence-corrected chi connectivity index (χ4v) is 3.89. The molecule has 0 radical (unpaired) electrons. The number of likely N-dealkylation sites (tertiary alicyclic amines) is 1. The summed E-state index contributed by atoms with van der Waals surface area (Å²) >= 11 is 0. The third-order valence-corrected chi connectivity index (χ3v) is 5.04. The summed E-state index contributed by atoms with van der Waals surface area (Å²) in [5.41, 5.74) is 0.767. The van der Waals surface area contributed by atoms with E-state index in [0.29, 0.717) is 19.6 Å². The molecule has 4 nitrogen and oxygen atoms in total. The largest absolute Gasteiger partial charge is 0.384 e. The Bertz CT molecular complexity index is 544. The Morgan fingerprint density at radius 2 is 2.22 bits per heavy atom. The Balaban J connectivity index is 1.68. The highest BCUT2D eigenvalue weighted by molar-refractivity contribution is 5.79. The number of ether oxygens (including phenoxy) is 2. The first-order chi connectivity index (χ1) is 11.1. The van der Waals surface area contributed by atoms with E-state index in [0.717, 1.165) is 38.0 Å². The van der Waals surface area contributed by atoms with Crippen molar-refractivity contribution in [2.24, 2.45) is 5.41 Å². The third-order valence-electron chi connectivity index (χ3n) is 5.04. The minimum Gasteiger partial charge on any atom is -0.384 e. The Kier molecular flexibility index (Phi) is 4.97. The van der Waals surface area contributed by atoms with Crippen molar-refractivity contribution in [1.29, 1.82) is 0 Å². The lowest BCUT2D eigenvalue weighted by Gasteiger charge is -2.50. The van der Waals surface area contributed by atoms with Crippen LogP contribution in [0.4, 0.5) is 4.39 Å². The van der Waals surface area contributed by atoms with E-state index >= 15 is 0 Å². The van der Waals surface area contributed by atoms with E-state index in [2.05, 4.69) is 0 Å². The number of carbonyl (C=O) groups excluding carboxylic acids is 1. The van der Waals surface area contributed by atoms with Crippen LogP contribution in [-0.2, 0) is 20.7 Å². The molecule has 0 N–H and O–H groups in total. The van der Waals surface area contributed by atoms with Gasteiger partial charge in [-0.25, -0.2) is 4.39 Å². The normalized spacial score (nSPS) is 27.6. The second-order valence-corrected chi connectivity index (χ2v) is 6.67. The number of halogens is 1. The van der Waals surface area contributed by atoms with Gasteiger partial charge >= 0.3 is 0 Å². The van der Waals surface area contributed by atoms with E-state index in [1.807, 2.05) is 4.90 Å². The highest BCUT2D eigenvalue weighted by atomic mass is 19.1. The lowest BCUT2D eigenvalue weighted by atomic mass is 9.73. The fourth-order valence-electron chi connectivity index (χ4n) is 3.89. The molecule has 5 heteroatoms. The minimum absolute atomic E-state index is 0.0797. The number of fused-ring (bicyclic) bond motifs is 1. The summed E-state index contributed by atoms with van der Waals surface area (Å²) in [5.74, 6) is -0.184. The maximum absolute atomic E-state index is 13.0. The zero-order valence-corrected chi connectivity index (χ0v) is 13.6. The van der Waals surface area contributed by atoms with Gasteiger partial charge in [-0.15, -0.1) is 0 Å². The summed E-state index contributed by atoms with van der Waals surface area (Å²) in [5, 5.41) is 0. The Labute approximate surface area is 136 Å². The van der Waals surface area contributed by atoms with Crippen LogP contribution in [0.15, 0.2) is 24.3 Å². The minimum atomic E-state index is -0.277. The average molecular weight is 321 g/mol. The molecule has 0 spiro atoms. The molecule has 2 aliphatic heterocycles. The average Bonchev–Trinajstić information content (AvgIpc) is 2.56. The maximum Gasteiger partial charge on any atom is 0.227 e. The summed E-state index contributed by atoms with van der Waals surface area (Å²) in [6, 6.07) is 6.15. The predicted molar refractivity (Wildman–Crippen MR) is 84.6 cm³/mol. The second kappa shape index (κ2) is 6.97. The van der Waals surface area contributed by atoms with E-state index in [1.165, 1.54) is 12.1 Å². The topological polar surface area (TPSA) is 38.8 Å². The summed E-state index contributed by atoms with van der Waals surface area (Å²) in [7, 11) is 1.71. The van der Waals surface area contributed by atoms with Gasteiger partial charge in [-0.3, -0.25) is 4.79 Å². The third kappa shape index (κ3) is 3.56. The molecule has 0 aliphatic carbocycles. The first kappa shape index (κ1) is 16.4. The number of piperidine rings is 1. The molecule has 2 fully saturated rings. The Hall–Kier alpha value is -1.46. The van der Waals surface area contributed by atoms with E-state index < -0.39 is 0 Å².